The number of hydrogen-bond donors (Lipinski definition) is 1. The van der Waals surface area contributed by atoms with Gasteiger partial charge in [-0.2, -0.15) is 0 Å². The van der Waals surface area contributed by atoms with E-state index in [0.717, 1.165) is 49.8 Å². The zero-order valence-electron chi connectivity index (χ0n) is 19.4. The van der Waals surface area contributed by atoms with Gasteiger partial charge in [0.05, 0.1) is 20.1 Å². The maximum absolute atomic E-state index is 12.9. The SMILES string of the molecule is COc1ccc(NC(=O)C2CC(C3CCN(Cc4ccccc4OC)CC3)N(C)C2)cc1. The van der Waals surface area contributed by atoms with Gasteiger partial charge in [0.15, 0.2) is 0 Å². The molecule has 2 aliphatic heterocycles. The molecular weight excluding hydrogens is 402 g/mol. The number of benzene rings is 2. The van der Waals surface area contributed by atoms with Crippen molar-refractivity contribution in [2.24, 2.45) is 11.8 Å². The predicted octanol–water partition coefficient (Wildman–Crippen LogP) is 3.87. The second-order valence-corrected chi connectivity index (χ2v) is 9.08. The first kappa shape index (κ1) is 22.6. The second-order valence-electron chi connectivity index (χ2n) is 9.08. The maximum atomic E-state index is 12.9. The van der Waals surface area contributed by atoms with Gasteiger partial charge in [0.1, 0.15) is 11.5 Å². The number of piperidine rings is 1. The molecule has 0 radical (unpaired) electrons. The molecule has 4 rings (SSSR count). The van der Waals surface area contributed by atoms with E-state index in [1.807, 2.05) is 36.4 Å². The van der Waals surface area contributed by atoms with Crippen LogP contribution in [0.5, 0.6) is 11.5 Å². The summed E-state index contributed by atoms with van der Waals surface area (Å²) in [5, 5.41) is 3.08. The lowest BCUT2D eigenvalue weighted by Crippen LogP contribution is -2.41. The number of carbonyl (C=O) groups excluding carboxylic acids is 1. The van der Waals surface area contributed by atoms with E-state index in [2.05, 4.69) is 34.3 Å². The van der Waals surface area contributed by atoms with E-state index in [1.54, 1.807) is 14.2 Å². The lowest BCUT2D eigenvalue weighted by molar-refractivity contribution is -0.119. The summed E-state index contributed by atoms with van der Waals surface area (Å²) in [7, 11) is 5.56. The molecule has 2 heterocycles. The molecule has 0 saturated carbocycles. The number of carbonyl (C=O) groups is 1. The fourth-order valence-electron chi connectivity index (χ4n) is 5.26. The van der Waals surface area contributed by atoms with Crippen molar-refractivity contribution >= 4 is 11.6 Å². The zero-order valence-corrected chi connectivity index (χ0v) is 19.4. The van der Waals surface area contributed by atoms with Crippen molar-refractivity contribution in [3.8, 4) is 11.5 Å². The van der Waals surface area contributed by atoms with E-state index in [-0.39, 0.29) is 11.8 Å². The molecule has 2 atom stereocenters. The summed E-state index contributed by atoms with van der Waals surface area (Å²) in [5.41, 5.74) is 2.08. The van der Waals surface area contributed by atoms with Crippen molar-refractivity contribution < 1.29 is 14.3 Å². The van der Waals surface area contributed by atoms with Crippen molar-refractivity contribution in [3.63, 3.8) is 0 Å². The number of anilines is 1. The van der Waals surface area contributed by atoms with Gasteiger partial charge in [-0.15, -0.1) is 0 Å². The van der Waals surface area contributed by atoms with Gasteiger partial charge in [-0.1, -0.05) is 18.2 Å². The Kier molecular flexibility index (Phi) is 7.33. The molecule has 2 aliphatic rings. The summed E-state index contributed by atoms with van der Waals surface area (Å²) in [5.74, 6) is 2.57. The zero-order chi connectivity index (χ0) is 22.5. The smallest absolute Gasteiger partial charge is 0.228 e. The number of hydrogen-bond acceptors (Lipinski definition) is 5. The van der Waals surface area contributed by atoms with E-state index in [4.69, 9.17) is 9.47 Å². The number of rotatable bonds is 7. The highest BCUT2D eigenvalue weighted by atomic mass is 16.5. The number of nitrogens with one attached hydrogen (secondary N) is 1. The first-order valence-electron chi connectivity index (χ1n) is 11.6. The molecule has 0 aliphatic carbocycles. The number of amides is 1. The minimum Gasteiger partial charge on any atom is -0.497 e. The Balaban J connectivity index is 1.28. The van der Waals surface area contributed by atoms with Crippen LogP contribution in [0.25, 0.3) is 0 Å². The quantitative estimate of drug-likeness (QED) is 0.713. The largest absolute Gasteiger partial charge is 0.497 e. The van der Waals surface area contributed by atoms with Crippen LogP contribution < -0.4 is 14.8 Å². The van der Waals surface area contributed by atoms with Gasteiger partial charge in [0, 0.05) is 30.4 Å². The first-order chi connectivity index (χ1) is 15.6. The number of methoxy groups -OCH3 is 2. The van der Waals surface area contributed by atoms with E-state index in [1.165, 1.54) is 18.4 Å². The lowest BCUT2D eigenvalue weighted by atomic mass is 9.86. The van der Waals surface area contributed by atoms with Crippen LogP contribution in [-0.4, -0.2) is 62.7 Å². The lowest BCUT2D eigenvalue weighted by Gasteiger charge is -2.37. The van der Waals surface area contributed by atoms with Gasteiger partial charge < -0.3 is 19.7 Å². The third kappa shape index (κ3) is 5.25. The van der Waals surface area contributed by atoms with Crippen LogP contribution in [0.4, 0.5) is 5.69 Å². The fraction of sp³-hybridized carbons (Fsp3) is 0.500. The Bertz CT molecular complexity index is 893. The summed E-state index contributed by atoms with van der Waals surface area (Å²) >= 11 is 0. The van der Waals surface area contributed by atoms with Crippen LogP contribution >= 0.6 is 0 Å². The van der Waals surface area contributed by atoms with Crippen molar-refractivity contribution in [3.05, 3.63) is 54.1 Å². The summed E-state index contributed by atoms with van der Waals surface area (Å²) in [4.78, 5) is 17.8. The van der Waals surface area contributed by atoms with Crippen molar-refractivity contribution in [1.82, 2.24) is 9.80 Å². The molecule has 1 amide bonds. The Morgan fingerprint density at radius 2 is 1.75 bits per heavy atom. The molecule has 0 spiro atoms. The summed E-state index contributed by atoms with van der Waals surface area (Å²) in [6.07, 6.45) is 3.30. The molecule has 0 bridgehead atoms. The normalized spacial score (nSPS) is 22.6. The van der Waals surface area contributed by atoms with E-state index >= 15 is 0 Å². The minimum atomic E-state index is 0.0405. The molecule has 172 valence electrons. The molecule has 6 heteroatoms. The average molecular weight is 438 g/mol. The van der Waals surface area contributed by atoms with Crippen molar-refractivity contribution in [2.75, 3.05) is 46.2 Å². The number of nitrogens with zero attached hydrogens (tertiary/aromatic N) is 2. The Morgan fingerprint density at radius 1 is 1.03 bits per heavy atom. The molecular formula is C26H35N3O3. The molecule has 1 N–H and O–H groups in total. The molecule has 2 aromatic rings. The third-order valence-electron chi connectivity index (χ3n) is 7.09. The maximum Gasteiger partial charge on any atom is 0.228 e. The molecule has 0 aromatic heterocycles. The average Bonchev–Trinajstić information content (AvgIpc) is 3.22. The van der Waals surface area contributed by atoms with E-state index < -0.39 is 0 Å². The highest BCUT2D eigenvalue weighted by Gasteiger charge is 2.39. The molecule has 2 aromatic carbocycles. The molecule has 2 unspecified atom stereocenters. The monoisotopic (exact) mass is 437 g/mol. The number of likely N-dealkylation sites (tertiary alicyclic amines) is 2. The Hall–Kier alpha value is -2.57. The highest BCUT2D eigenvalue weighted by Crippen LogP contribution is 2.34. The fourth-order valence-corrected chi connectivity index (χ4v) is 5.26. The van der Waals surface area contributed by atoms with Crippen molar-refractivity contribution in [2.45, 2.75) is 31.8 Å². The second kappa shape index (κ2) is 10.4. The van der Waals surface area contributed by atoms with Gasteiger partial charge >= 0.3 is 0 Å². The number of ether oxygens (including phenoxy) is 2. The van der Waals surface area contributed by atoms with Gasteiger partial charge in [0.2, 0.25) is 5.91 Å². The van der Waals surface area contributed by atoms with Gasteiger partial charge in [-0.25, -0.2) is 0 Å². The van der Waals surface area contributed by atoms with Gasteiger partial charge in [-0.05, 0) is 75.6 Å². The van der Waals surface area contributed by atoms with Crippen LogP contribution in [-0.2, 0) is 11.3 Å². The highest BCUT2D eigenvalue weighted by molar-refractivity contribution is 5.93. The van der Waals surface area contributed by atoms with Crippen LogP contribution in [0.2, 0.25) is 0 Å². The van der Waals surface area contributed by atoms with Crippen LogP contribution in [0.3, 0.4) is 0 Å². The minimum absolute atomic E-state index is 0.0405. The van der Waals surface area contributed by atoms with Crippen molar-refractivity contribution in [1.29, 1.82) is 0 Å². The first-order valence-corrected chi connectivity index (χ1v) is 11.6. The van der Waals surface area contributed by atoms with E-state index in [9.17, 15) is 4.79 Å². The Labute approximate surface area is 191 Å². The summed E-state index contributed by atoms with van der Waals surface area (Å²) < 4.78 is 10.7. The molecule has 2 fully saturated rings. The topological polar surface area (TPSA) is 54.0 Å². The summed E-state index contributed by atoms with van der Waals surface area (Å²) in [6, 6.07) is 16.3. The molecule has 2 saturated heterocycles. The van der Waals surface area contributed by atoms with Crippen LogP contribution in [0, 0.1) is 11.8 Å². The Morgan fingerprint density at radius 3 is 2.44 bits per heavy atom. The third-order valence-corrected chi connectivity index (χ3v) is 7.09. The van der Waals surface area contributed by atoms with Crippen LogP contribution in [0.15, 0.2) is 48.5 Å². The van der Waals surface area contributed by atoms with Gasteiger partial charge in [-0.3, -0.25) is 9.69 Å². The molecule has 32 heavy (non-hydrogen) atoms. The standard InChI is InChI=1S/C26H35N3O3/c1-28-17-21(26(30)27-22-8-10-23(31-2)11-9-22)16-24(28)19-12-14-29(15-13-19)18-20-6-4-5-7-25(20)32-3/h4-11,19,21,24H,12-18H2,1-3H3,(H,27,30). The predicted molar refractivity (Wildman–Crippen MR) is 127 cm³/mol. The number of para-hydroxylation sites is 1. The van der Waals surface area contributed by atoms with Gasteiger partial charge in [0.25, 0.3) is 0 Å². The molecule has 6 nitrogen and oxygen atoms in total. The van der Waals surface area contributed by atoms with E-state index in [0.29, 0.717) is 12.0 Å². The summed E-state index contributed by atoms with van der Waals surface area (Å²) in [6.45, 7) is 3.95. The van der Waals surface area contributed by atoms with Crippen LogP contribution in [0.1, 0.15) is 24.8 Å².